The van der Waals surface area contributed by atoms with E-state index in [-0.39, 0.29) is 30.9 Å². The Labute approximate surface area is 163 Å². The maximum Gasteiger partial charge on any atom is 0.224 e. The quantitative estimate of drug-likeness (QED) is 0.658. The summed E-state index contributed by atoms with van der Waals surface area (Å²) in [6, 6.07) is 4.02. The van der Waals surface area contributed by atoms with Crippen molar-refractivity contribution in [2.24, 2.45) is 5.73 Å². The molecule has 0 bridgehead atoms. The van der Waals surface area contributed by atoms with Crippen LogP contribution in [0.25, 0.3) is 11.5 Å². The molecule has 2 N–H and O–H groups in total. The summed E-state index contributed by atoms with van der Waals surface area (Å²) < 4.78 is 47.3. The Morgan fingerprint density at radius 2 is 2.00 bits per heavy atom. The second kappa shape index (κ2) is 7.70. The Balaban J connectivity index is 1.42. The maximum absolute atomic E-state index is 13.8. The van der Waals surface area contributed by atoms with Crippen molar-refractivity contribution in [1.29, 1.82) is 0 Å². The number of fused-ring (bicyclic) bond motifs is 1. The van der Waals surface area contributed by atoms with Gasteiger partial charge in [0.1, 0.15) is 5.82 Å². The number of nitrogens with zero attached hydrogens (tertiary/aromatic N) is 4. The SMILES string of the molecule is N[C@@H](CC(=O)N1CCn2nnc(-c3ccco3)c2C1)Cc1cc(F)c(F)cc1F. The fraction of sp³-hybridized carbons (Fsp3) is 0.316. The predicted octanol–water partition coefficient (Wildman–Crippen LogP) is 2.26. The Morgan fingerprint density at radius 1 is 1.21 bits per heavy atom. The van der Waals surface area contributed by atoms with Gasteiger partial charge in [-0.2, -0.15) is 0 Å². The predicted molar refractivity (Wildman–Crippen MR) is 95.8 cm³/mol. The van der Waals surface area contributed by atoms with Gasteiger partial charge in [0.25, 0.3) is 0 Å². The van der Waals surface area contributed by atoms with E-state index in [0.717, 1.165) is 11.8 Å². The first kappa shape index (κ1) is 19.2. The molecule has 1 aliphatic rings. The molecule has 2 aromatic heterocycles. The third-order valence-electron chi connectivity index (χ3n) is 4.88. The van der Waals surface area contributed by atoms with Crippen LogP contribution in [0, 0.1) is 17.5 Å². The van der Waals surface area contributed by atoms with Crippen LogP contribution >= 0.6 is 0 Å². The molecule has 0 saturated heterocycles. The van der Waals surface area contributed by atoms with E-state index in [4.69, 9.17) is 10.2 Å². The van der Waals surface area contributed by atoms with Crippen LogP contribution in [0.1, 0.15) is 17.7 Å². The third-order valence-corrected chi connectivity index (χ3v) is 4.88. The molecule has 0 radical (unpaired) electrons. The summed E-state index contributed by atoms with van der Waals surface area (Å²) in [5, 5.41) is 8.21. The Morgan fingerprint density at radius 3 is 2.76 bits per heavy atom. The number of carbonyl (C=O) groups is 1. The summed E-state index contributed by atoms with van der Waals surface area (Å²) in [5.74, 6) is -2.96. The van der Waals surface area contributed by atoms with Crippen LogP contribution in [0.3, 0.4) is 0 Å². The zero-order valence-corrected chi connectivity index (χ0v) is 15.3. The number of hydrogen-bond acceptors (Lipinski definition) is 5. The fourth-order valence-electron chi connectivity index (χ4n) is 3.39. The topological polar surface area (TPSA) is 90.2 Å². The standard InChI is InChI=1S/C19H18F3N5O2/c20-13-9-15(22)14(21)7-11(13)6-12(23)8-18(28)26-3-4-27-16(10-26)19(24-25-27)17-2-1-5-29-17/h1-2,5,7,9,12H,3-4,6,8,10,23H2/t12-/m1/s1. The molecule has 3 heterocycles. The van der Waals surface area contributed by atoms with Gasteiger partial charge in [-0.05, 0) is 30.2 Å². The molecule has 0 fully saturated rings. The summed E-state index contributed by atoms with van der Waals surface area (Å²) >= 11 is 0. The van der Waals surface area contributed by atoms with Crippen LogP contribution in [0.15, 0.2) is 34.9 Å². The number of aromatic nitrogens is 3. The highest BCUT2D eigenvalue weighted by Gasteiger charge is 2.27. The first-order chi connectivity index (χ1) is 13.9. The van der Waals surface area contributed by atoms with Crippen LogP contribution < -0.4 is 5.73 Å². The average Bonchev–Trinajstić information content (AvgIpc) is 3.34. The summed E-state index contributed by atoms with van der Waals surface area (Å²) in [6.07, 6.45) is 1.39. The van der Waals surface area contributed by atoms with Gasteiger partial charge in [0, 0.05) is 25.1 Å². The van der Waals surface area contributed by atoms with Crippen LogP contribution in [-0.2, 0) is 24.3 Å². The molecule has 1 aliphatic heterocycles. The zero-order chi connectivity index (χ0) is 20.5. The highest BCUT2D eigenvalue weighted by atomic mass is 19.2. The van der Waals surface area contributed by atoms with Gasteiger partial charge < -0.3 is 15.1 Å². The third kappa shape index (κ3) is 3.88. The number of halogens is 3. The lowest BCUT2D eigenvalue weighted by Gasteiger charge is -2.28. The average molecular weight is 405 g/mol. The van der Waals surface area contributed by atoms with Crippen molar-refractivity contribution in [1.82, 2.24) is 19.9 Å². The number of furan rings is 1. The number of carbonyl (C=O) groups excluding carboxylic acids is 1. The van der Waals surface area contributed by atoms with E-state index in [0.29, 0.717) is 30.6 Å². The minimum atomic E-state index is -1.26. The molecule has 0 aliphatic carbocycles. The van der Waals surface area contributed by atoms with Crippen LogP contribution in [-0.4, -0.2) is 38.4 Å². The van der Waals surface area contributed by atoms with Crippen molar-refractivity contribution in [3.05, 3.63) is 59.2 Å². The monoisotopic (exact) mass is 405 g/mol. The fourth-order valence-corrected chi connectivity index (χ4v) is 3.39. The van der Waals surface area contributed by atoms with Gasteiger partial charge in [-0.15, -0.1) is 5.10 Å². The molecule has 1 aromatic carbocycles. The first-order valence-electron chi connectivity index (χ1n) is 9.05. The summed E-state index contributed by atoms with van der Waals surface area (Å²) in [7, 11) is 0. The summed E-state index contributed by atoms with van der Waals surface area (Å²) in [6.45, 7) is 1.19. The Hall–Kier alpha value is -3.14. The summed E-state index contributed by atoms with van der Waals surface area (Å²) in [4.78, 5) is 14.3. The molecular weight excluding hydrogens is 387 g/mol. The number of nitrogens with two attached hydrogens (primary N) is 1. The first-order valence-corrected chi connectivity index (χ1v) is 9.05. The van der Waals surface area contributed by atoms with Gasteiger partial charge in [0.15, 0.2) is 23.1 Å². The molecule has 29 heavy (non-hydrogen) atoms. The Kier molecular flexibility index (Phi) is 5.10. The number of hydrogen-bond donors (Lipinski definition) is 1. The van der Waals surface area contributed by atoms with Crippen molar-refractivity contribution >= 4 is 5.91 Å². The van der Waals surface area contributed by atoms with Crippen molar-refractivity contribution < 1.29 is 22.4 Å². The normalized spacial score (nSPS) is 14.7. The lowest BCUT2D eigenvalue weighted by Crippen LogP contribution is -2.41. The summed E-state index contributed by atoms with van der Waals surface area (Å²) in [5.41, 5.74) is 7.23. The second-order valence-corrected chi connectivity index (χ2v) is 6.93. The lowest BCUT2D eigenvalue weighted by atomic mass is 10.0. The molecule has 0 unspecified atom stereocenters. The molecule has 10 heteroatoms. The van der Waals surface area contributed by atoms with Crippen LogP contribution in [0.2, 0.25) is 0 Å². The highest BCUT2D eigenvalue weighted by Crippen LogP contribution is 2.25. The molecule has 7 nitrogen and oxygen atoms in total. The van der Waals surface area contributed by atoms with E-state index in [1.807, 2.05) is 0 Å². The highest BCUT2D eigenvalue weighted by molar-refractivity contribution is 5.77. The van der Waals surface area contributed by atoms with E-state index >= 15 is 0 Å². The van der Waals surface area contributed by atoms with Gasteiger partial charge in [0.2, 0.25) is 5.91 Å². The van der Waals surface area contributed by atoms with Crippen LogP contribution in [0.4, 0.5) is 13.2 Å². The van der Waals surface area contributed by atoms with E-state index in [1.54, 1.807) is 21.7 Å². The smallest absolute Gasteiger partial charge is 0.224 e. The van der Waals surface area contributed by atoms with Gasteiger partial charge in [-0.3, -0.25) is 4.79 Å². The number of benzene rings is 1. The zero-order valence-electron chi connectivity index (χ0n) is 15.3. The van der Waals surface area contributed by atoms with E-state index < -0.39 is 23.5 Å². The van der Waals surface area contributed by atoms with Gasteiger partial charge in [0.05, 0.1) is 25.0 Å². The molecule has 1 amide bonds. The van der Waals surface area contributed by atoms with Crippen molar-refractivity contribution in [2.45, 2.75) is 32.0 Å². The maximum atomic E-state index is 13.8. The van der Waals surface area contributed by atoms with Gasteiger partial charge >= 0.3 is 0 Å². The van der Waals surface area contributed by atoms with E-state index in [9.17, 15) is 18.0 Å². The molecule has 3 aromatic rings. The lowest BCUT2D eigenvalue weighted by molar-refractivity contribution is -0.133. The molecular formula is C19H18F3N5O2. The van der Waals surface area contributed by atoms with Crippen molar-refractivity contribution in [3.63, 3.8) is 0 Å². The van der Waals surface area contributed by atoms with Crippen molar-refractivity contribution in [2.75, 3.05) is 6.54 Å². The second-order valence-electron chi connectivity index (χ2n) is 6.93. The van der Waals surface area contributed by atoms with Crippen LogP contribution in [0.5, 0.6) is 0 Å². The minimum Gasteiger partial charge on any atom is -0.463 e. The molecule has 1 atom stereocenters. The molecule has 4 rings (SSSR count). The Bertz CT molecular complexity index is 1030. The number of rotatable bonds is 5. The van der Waals surface area contributed by atoms with Crippen molar-refractivity contribution in [3.8, 4) is 11.5 Å². The largest absolute Gasteiger partial charge is 0.463 e. The minimum absolute atomic E-state index is 0.0594. The molecule has 0 saturated carbocycles. The van der Waals surface area contributed by atoms with Gasteiger partial charge in [-0.1, -0.05) is 5.21 Å². The molecule has 152 valence electrons. The van der Waals surface area contributed by atoms with Gasteiger partial charge in [-0.25, -0.2) is 17.9 Å². The number of amides is 1. The molecule has 0 spiro atoms. The van der Waals surface area contributed by atoms with E-state index in [2.05, 4.69) is 10.3 Å². The van der Waals surface area contributed by atoms with E-state index in [1.165, 1.54) is 6.26 Å².